The van der Waals surface area contributed by atoms with Gasteiger partial charge in [0.1, 0.15) is 35.9 Å². The second kappa shape index (κ2) is 16.9. The number of benzene rings is 1. The molecule has 0 saturated carbocycles. The first kappa shape index (κ1) is 32.2. The van der Waals surface area contributed by atoms with Crippen molar-refractivity contribution in [1.82, 2.24) is 15.2 Å². The van der Waals surface area contributed by atoms with E-state index in [0.717, 1.165) is 81.2 Å². The van der Waals surface area contributed by atoms with E-state index in [1.165, 1.54) is 5.56 Å². The molecule has 0 fully saturated rings. The molecule has 0 spiro atoms. The van der Waals surface area contributed by atoms with Crippen molar-refractivity contribution in [2.75, 3.05) is 38.1 Å². The quantitative estimate of drug-likeness (QED) is 0.210. The molecule has 2 aromatic rings. The highest BCUT2D eigenvalue weighted by molar-refractivity contribution is 5.83. The second-order valence-electron chi connectivity index (χ2n) is 10.7. The number of aromatic nitrogens is 1. The van der Waals surface area contributed by atoms with Crippen LogP contribution in [0.15, 0.2) is 30.3 Å². The Morgan fingerprint density at radius 2 is 1.85 bits per heavy atom. The topological polar surface area (TPSA) is 104 Å². The van der Waals surface area contributed by atoms with Crippen molar-refractivity contribution >= 4 is 17.7 Å². The van der Waals surface area contributed by atoms with Gasteiger partial charge in [0.2, 0.25) is 5.91 Å². The van der Waals surface area contributed by atoms with E-state index >= 15 is 0 Å². The van der Waals surface area contributed by atoms with Crippen LogP contribution < -0.4 is 15.4 Å². The second-order valence-corrected chi connectivity index (χ2v) is 10.7. The fourth-order valence-corrected chi connectivity index (χ4v) is 5.05. The molecule has 0 bridgehead atoms. The van der Waals surface area contributed by atoms with E-state index in [-0.39, 0.29) is 30.6 Å². The van der Waals surface area contributed by atoms with Crippen LogP contribution in [0.5, 0.6) is 5.75 Å². The highest BCUT2D eigenvalue weighted by Gasteiger charge is 2.22. The third kappa shape index (κ3) is 11.3. The average molecular weight is 575 g/mol. The molecule has 1 aromatic carbocycles. The van der Waals surface area contributed by atoms with Gasteiger partial charge in [-0.25, -0.2) is 18.6 Å². The number of nitrogens with one attached hydrogen (secondary N) is 2. The molecule has 10 heteroatoms. The summed E-state index contributed by atoms with van der Waals surface area (Å²) in [6.07, 6.45) is 7.00. The molecule has 1 amide bonds. The summed E-state index contributed by atoms with van der Waals surface area (Å²) in [7, 11) is 0. The molecule has 1 atom stereocenters. The predicted octanol–water partition coefficient (Wildman–Crippen LogP) is 5.21. The van der Waals surface area contributed by atoms with E-state index < -0.39 is 23.6 Å². The number of aliphatic carboxylic acids is 1. The summed E-state index contributed by atoms with van der Waals surface area (Å²) in [6.45, 7) is 6.70. The molecule has 226 valence electrons. The number of carbonyl (C=O) groups excluding carboxylic acids is 1. The molecule has 41 heavy (non-hydrogen) atoms. The lowest BCUT2D eigenvalue weighted by Crippen LogP contribution is -2.44. The molecule has 0 aliphatic carbocycles. The normalized spacial score (nSPS) is 13.5. The van der Waals surface area contributed by atoms with Crippen LogP contribution in [0.2, 0.25) is 0 Å². The van der Waals surface area contributed by atoms with Crippen LogP contribution in [0.25, 0.3) is 0 Å². The van der Waals surface area contributed by atoms with Crippen LogP contribution >= 0.6 is 0 Å². The minimum Gasteiger partial charge on any atom is -0.492 e. The van der Waals surface area contributed by atoms with Gasteiger partial charge in [0, 0.05) is 49.9 Å². The molecule has 1 aliphatic rings. The summed E-state index contributed by atoms with van der Waals surface area (Å²) >= 11 is 0. The molecule has 1 unspecified atom stereocenters. The summed E-state index contributed by atoms with van der Waals surface area (Å²) in [5.74, 6) is -1.43. The summed E-state index contributed by atoms with van der Waals surface area (Å²) < 4.78 is 32.7. The number of pyridine rings is 1. The number of rotatable bonds is 18. The molecule has 8 nitrogen and oxygen atoms in total. The summed E-state index contributed by atoms with van der Waals surface area (Å²) in [4.78, 5) is 31.2. The number of fused-ring (bicyclic) bond motifs is 1. The number of carboxylic acid groups (broad SMARTS) is 1. The number of nitrogens with zero attached hydrogens (tertiary/aromatic N) is 2. The fourth-order valence-electron chi connectivity index (χ4n) is 5.05. The van der Waals surface area contributed by atoms with E-state index in [1.807, 2.05) is 13.8 Å². The summed E-state index contributed by atoms with van der Waals surface area (Å²) in [5, 5.41) is 15.8. The van der Waals surface area contributed by atoms with Gasteiger partial charge >= 0.3 is 5.97 Å². The Morgan fingerprint density at radius 3 is 2.56 bits per heavy atom. The Hall–Kier alpha value is -3.27. The molecule has 1 aromatic heterocycles. The number of aryl methyl sites for hydroxylation is 2. The predicted molar refractivity (Wildman–Crippen MR) is 155 cm³/mol. The Bertz CT molecular complexity index is 1110. The van der Waals surface area contributed by atoms with Crippen molar-refractivity contribution in [3.63, 3.8) is 0 Å². The molecule has 0 radical (unpaired) electrons. The van der Waals surface area contributed by atoms with Crippen LogP contribution in [0.3, 0.4) is 0 Å². The summed E-state index contributed by atoms with van der Waals surface area (Å²) in [6, 6.07) is 6.28. The van der Waals surface area contributed by atoms with E-state index in [4.69, 9.17) is 9.72 Å². The van der Waals surface area contributed by atoms with Crippen molar-refractivity contribution in [2.24, 2.45) is 5.92 Å². The monoisotopic (exact) mass is 574 g/mol. The van der Waals surface area contributed by atoms with Crippen molar-refractivity contribution in [1.29, 1.82) is 0 Å². The summed E-state index contributed by atoms with van der Waals surface area (Å²) in [5.41, 5.74) is 2.29. The Kier molecular flexibility index (Phi) is 13.3. The van der Waals surface area contributed by atoms with Gasteiger partial charge in [-0.15, -0.1) is 0 Å². The number of halogens is 2. The molecule has 1 aliphatic heterocycles. The first-order valence-electron chi connectivity index (χ1n) is 14.8. The fraction of sp³-hybridized carbons (Fsp3) is 0.581. The maximum atomic E-state index is 13.5. The van der Waals surface area contributed by atoms with Gasteiger partial charge in [-0.3, -0.25) is 9.69 Å². The van der Waals surface area contributed by atoms with E-state index in [9.17, 15) is 23.5 Å². The Morgan fingerprint density at radius 1 is 1.10 bits per heavy atom. The van der Waals surface area contributed by atoms with Gasteiger partial charge in [-0.2, -0.15) is 0 Å². The van der Waals surface area contributed by atoms with Crippen LogP contribution in [0.4, 0.5) is 14.6 Å². The van der Waals surface area contributed by atoms with Gasteiger partial charge in [0.15, 0.2) is 0 Å². The first-order chi connectivity index (χ1) is 19.8. The van der Waals surface area contributed by atoms with Gasteiger partial charge < -0.3 is 20.5 Å². The molecule has 3 N–H and O–H groups in total. The zero-order chi connectivity index (χ0) is 29.6. The van der Waals surface area contributed by atoms with Crippen LogP contribution in [0.1, 0.15) is 70.1 Å². The van der Waals surface area contributed by atoms with E-state index in [0.29, 0.717) is 26.1 Å². The molecular formula is C31H44F2N4O4. The number of carbonyl (C=O) groups is 2. The van der Waals surface area contributed by atoms with Crippen molar-refractivity contribution in [2.45, 2.75) is 77.7 Å². The number of hydrogen-bond acceptors (Lipinski definition) is 6. The minimum absolute atomic E-state index is 0.103. The maximum absolute atomic E-state index is 13.5. The van der Waals surface area contributed by atoms with E-state index in [1.54, 1.807) is 0 Å². The number of amides is 1. The highest BCUT2D eigenvalue weighted by Crippen LogP contribution is 2.20. The van der Waals surface area contributed by atoms with Gasteiger partial charge in [0.25, 0.3) is 0 Å². The van der Waals surface area contributed by atoms with Crippen LogP contribution in [-0.2, 0) is 22.4 Å². The molecular weight excluding hydrogens is 530 g/mol. The van der Waals surface area contributed by atoms with E-state index in [2.05, 4.69) is 27.7 Å². The van der Waals surface area contributed by atoms with Crippen molar-refractivity contribution in [3.8, 4) is 5.75 Å². The number of anilines is 1. The Balaban J connectivity index is 1.54. The number of carboxylic acids is 1. The Labute approximate surface area is 241 Å². The lowest BCUT2D eigenvalue weighted by molar-refractivity contribution is -0.142. The highest BCUT2D eigenvalue weighted by atomic mass is 19.1. The smallest absolute Gasteiger partial charge is 0.326 e. The standard InChI is InChI=1S/C31H44F2N4O4/c1-3-22(4-2)18-29(38)36-28(31(39)40)12-15-37(16-17-41-27-20-24(32)19-25(33)21-27)14-6-5-9-26-11-10-23-8-7-13-34-30(23)35-26/h10-11,19-22,28H,3-9,12-18H2,1-2H3,(H,34,35)(H,36,38)(H,39,40). The zero-order valence-electron chi connectivity index (χ0n) is 24.3. The SMILES string of the molecule is CCC(CC)CC(=O)NC(CCN(CCCCc1ccc2c(n1)NCCC2)CCOc1cc(F)cc(F)c1)C(=O)O. The number of ether oxygens (including phenoxy) is 1. The largest absolute Gasteiger partial charge is 0.492 e. The minimum atomic E-state index is -1.07. The first-order valence-corrected chi connectivity index (χ1v) is 14.8. The third-order valence-electron chi connectivity index (χ3n) is 7.62. The maximum Gasteiger partial charge on any atom is 0.326 e. The molecule has 0 saturated heterocycles. The number of unbranched alkanes of at least 4 members (excludes halogenated alkanes) is 1. The van der Waals surface area contributed by atoms with Crippen LogP contribution in [0, 0.1) is 17.6 Å². The zero-order valence-corrected chi connectivity index (χ0v) is 24.3. The lowest BCUT2D eigenvalue weighted by Gasteiger charge is -2.25. The van der Waals surface area contributed by atoms with Crippen LogP contribution in [-0.4, -0.2) is 65.7 Å². The molecule has 2 heterocycles. The van der Waals surface area contributed by atoms with Crippen molar-refractivity contribution in [3.05, 3.63) is 53.2 Å². The van der Waals surface area contributed by atoms with Crippen molar-refractivity contribution < 1.29 is 28.2 Å². The number of hydrogen-bond donors (Lipinski definition) is 3. The van der Waals surface area contributed by atoms with Gasteiger partial charge in [0.05, 0.1) is 0 Å². The molecule has 3 rings (SSSR count). The lowest BCUT2D eigenvalue weighted by atomic mass is 9.99. The van der Waals surface area contributed by atoms with Gasteiger partial charge in [-0.1, -0.05) is 32.8 Å². The third-order valence-corrected chi connectivity index (χ3v) is 7.62. The van der Waals surface area contributed by atoms with Gasteiger partial charge in [-0.05, 0) is 62.6 Å². The average Bonchev–Trinajstić information content (AvgIpc) is 2.94.